The number of benzene rings is 1. The molecule has 2 aromatic rings. The Morgan fingerprint density at radius 1 is 1.20 bits per heavy atom. The first-order chi connectivity index (χ1) is 11.7. The van der Waals surface area contributed by atoms with E-state index in [0.29, 0.717) is 19.3 Å². The third-order valence-corrected chi connectivity index (χ3v) is 7.88. The molecule has 0 aliphatic rings. The van der Waals surface area contributed by atoms with Crippen molar-refractivity contribution in [1.82, 2.24) is 4.98 Å². The summed E-state index contributed by atoms with van der Waals surface area (Å²) in [6.45, 7) is 7.51. The SMILES string of the molecule is Cc1cc(CC(=O)CCCCCS(=O)(=O)C(C)C)c(C)c2scnc12. The minimum absolute atomic E-state index is 0.220. The minimum atomic E-state index is -2.96. The van der Waals surface area contributed by atoms with Gasteiger partial charge in [0.05, 0.1) is 26.7 Å². The highest BCUT2D eigenvalue weighted by Crippen LogP contribution is 2.28. The molecule has 0 N–H and O–H groups in total. The van der Waals surface area contributed by atoms with E-state index in [4.69, 9.17) is 0 Å². The summed E-state index contributed by atoms with van der Waals surface area (Å²) in [4.78, 5) is 16.7. The largest absolute Gasteiger partial charge is 0.299 e. The molecule has 1 aromatic carbocycles. The summed E-state index contributed by atoms with van der Waals surface area (Å²) in [6, 6.07) is 2.07. The van der Waals surface area contributed by atoms with Gasteiger partial charge in [0, 0.05) is 12.8 Å². The third kappa shape index (κ3) is 5.11. The van der Waals surface area contributed by atoms with Gasteiger partial charge >= 0.3 is 0 Å². The van der Waals surface area contributed by atoms with Crippen LogP contribution >= 0.6 is 11.3 Å². The molecule has 1 aromatic heterocycles. The number of carbonyl (C=O) groups is 1. The molecule has 25 heavy (non-hydrogen) atoms. The van der Waals surface area contributed by atoms with Gasteiger partial charge in [-0.05, 0) is 57.2 Å². The van der Waals surface area contributed by atoms with Gasteiger partial charge in [0.25, 0.3) is 0 Å². The lowest BCUT2D eigenvalue weighted by Crippen LogP contribution is -2.17. The Morgan fingerprint density at radius 3 is 2.60 bits per heavy atom. The van der Waals surface area contributed by atoms with Crippen molar-refractivity contribution in [3.05, 3.63) is 28.3 Å². The molecule has 4 nitrogen and oxygen atoms in total. The molecule has 0 unspecified atom stereocenters. The van der Waals surface area contributed by atoms with Gasteiger partial charge in [0.2, 0.25) is 0 Å². The topological polar surface area (TPSA) is 64.1 Å². The number of hydrogen-bond donors (Lipinski definition) is 0. The van der Waals surface area contributed by atoms with E-state index in [1.165, 1.54) is 4.70 Å². The normalized spacial score (nSPS) is 12.2. The maximum Gasteiger partial charge on any atom is 0.152 e. The zero-order valence-corrected chi connectivity index (χ0v) is 17.1. The second kappa shape index (κ2) is 8.41. The summed E-state index contributed by atoms with van der Waals surface area (Å²) in [6.07, 6.45) is 3.14. The zero-order chi connectivity index (χ0) is 18.6. The van der Waals surface area contributed by atoms with Crippen molar-refractivity contribution in [2.45, 2.75) is 65.0 Å². The zero-order valence-electron chi connectivity index (χ0n) is 15.5. The van der Waals surface area contributed by atoms with Crippen LogP contribution in [0, 0.1) is 13.8 Å². The molecule has 0 bridgehead atoms. The molecule has 0 aliphatic carbocycles. The molecule has 0 atom stereocenters. The van der Waals surface area contributed by atoms with E-state index in [0.717, 1.165) is 35.0 Å². The number of Topliss-reactive ketones (excluding diaryl/α,β-unsaturated/α-hetero) is 1. The van der Waals surface area contributed by atoms with Crippen LogP contribution in [-0.2, 0) is 21.1 Å². The number of thiazole rings is 1. The van der Waals surface area contributed by atoms with Crippen molar-refractivity contribution in [3.63, 3.8) is 0 Å². The van der Waals surface area contributed by atoms with E-state index in [-0.39, 0.29) is 16.8 Å². The van der Waals surface area contributed by atoms with Crippen molar-refractivity contribution >= 4 is 37.2 Å². The number of fused-ring (bicyclic) bond motifs is 1. The number of sulfone groups is 1. The lowest BCUT2D eigenvalue weighted by Gasteiger charge is -2.09. The molecule has 0 fully saturated rings. The molecule has 0 saturated heterocycles. The second-order valence-electron chi connectivity index (χ2n) is 6.95. The van der Waals surface area contributed by atoms with E-state index in [1.807, 2.05) is 12.4 Å². The molecular formula is C19H27NO3S2. The van der Waals surface area contributed by atoms with Gasteiger partial charge in [0.1, 0.15) is 5.78 Å². The second-order valence-corrected chi connectivity index (χ2v) is 10.5. The fraction of sp³-hybridized carbons (Fsp3) is 0.579. The quantitative estimate of drug-likeness (QED) is 0.604. The fourth-order valence-corrected chi connectivity index (χ4v) is 4.87. The van der Waals surface area contributed by atoms with Gasteiger partial charge in [-0.25, -0.2) is 13.4 Å². The van der Waals surface area contributed by atoms with Crippen molar-refractivity contribution in [3.8, 4) is 0 Å². The Kier molecular flexibility index (Phi) is 6.74. The van der Waals surface area contributed by atoms with E-state index in [9.17, 15) is 13.2 Å². The number of rotatable bonds is 9. The number of nitrogens with zero attached hydrogens (tertiary/aromatic N) is 1. The number of aromatic nitrogens is 1. The average molecular weight is 382 g/mol. The van der Waals surface area contributed by atoms with Crippen LogP contribution in [0.3, 0.4) is 0 Å². The Hall–Kier alpha value is -1.27. The van der Waals surface area contributed by atoms with Gasteiger partial charge in [-0.15, -0.1) is 11.3 Å². The minimum Gasteiger partial charge on any atom is -0.299 e. The molecular weight excluding hydrogens is 354 g/mol. The Bertz CT molecular complexity index is 851. The number of ketones is 1. The van der Waals surface area contributed by atoms with Gasteiger partial charge in [-0.2, -0.15) is 0 Å². The molecule has 6 heteroatoms. The first-order valence-corrected chi connectivity index (χ1v) is 11.4. The summed E-state index contributed by atoms with van der Waals surface area (Å²) in [7, 11) is -2.96. The van der Waals surface area contributed by atoms with Crippen molar-refractivity contribution in [1.29, 1.82) is 0 Å². The Labute approximate surface area is 154 Å². The number of aryl methyl sites for hydroxylation is 2. The maximum atomic E-state index is 12.3. The highest BCUT2D eigenvalue weighted by Gasteiger charge is 2.15. The lowest BCUT2D eigenvalue weighted by atomic mass is 9.98. The van der Waals surface area contributed by atoms with Crippen LogP contribution in [0.15, 0.2) is 11.6 Å². The van der Waals surface area contributed by atoms with Gasteiger partial charge in [-0.1, -0.05) is 12.5 Å². The third-order valence-electron chi connectivity index (χ3n) is 4.64. The molecule has 0 amide bonds. The molecule has 0 aliphatic heterocycles. The molecule has 138 valence electrons. The van der Waals surface area contributed by atoms with E-state index in [1.54, 1.807) is 25.2 Å². The standard InChI is InChI=1S/C19H27NO3S2/c1-13(2)25(22,23)9-7-5-6-8-17(21)11-16-10-14(3)18-19(15(16)4)24-12-20-18/h10,12-13H,5-9,11H2,1-4H3. The van der Waals surface area contributed by atoms with Crippen molar-refractivity contribution < 1.29 is 13.2 Å². The van der Waals surface area contributed by atoms with Gasteiger partial charge in [-0.3, -0.25) is 4.79 Å². The average Bonchev–Trinajstić information content (AvgIpc) is 3.02. The van der Waals surface area contributed by atoms with Crippen molar-refractivity contribution in [2.75, 3.05) is 5.75 Å². The van der Waals surface area contributed by atoms with E-state index < -0.39 is 9.84 Å². The number of unbranched alkanes of at least 4 members (excludes halogenated alkanes) is 2. The number of hydrogen-bond acceptors (Lipinski definition) is 5. The Balaban J connectivity index is 1.84. The van der Waals surface area contributed by atoms with Gasteiger partial charge < -0.3 is 0 Å². The summed E-state index contributed by atoms with van der Waals surface area (Å²) < 4.78 is 24.7. The van der Waals surface area contributed by atoms with Crippen LogP contribution in [0.4, 0.5) is 0 Å². The maximum absolute atomic E-state index is 12.3. The fourth-order valence-electron chi connectivity index (χ4n) is 2.90. The van der Waals surface area contributed by atoms with E-state index in [2.05, 4.69) is 18.0 Å². The van der Waals surface area contributed by atoms with Crippen LogP contribution < -0.4 is 0 Å². The molecule has 1 heterocycles. The Morgan fingerprint density at radius 2 is 1.92 bits per heavy atom. The van der Waals surface area contributed by atoms with Crippen LogP contribution in [0.5, 0.6) is 0 Å². The first-order valence-electron chi connectivity index (χ1n) is 8.78. The summed E-state index contributed by atoms with van der Waals surface area (Å²) in [5.41, 5.74) is 6.23. The monoisotopic (exact) mass is 381 g/mol. The molecule has 0 radical (unpaired) electrons. The van der Waals surface area contributed by atoms with Crippen LogP contribution in [0.25, 0.3) is 10.2 Å². The molecule has 0 spiro atoms. The molecule has 2 rings (SSSR count). The summed E-state index contributed by atoms with van der Waals surface area (Å²) in [5, 5.41) is -0.318. The van der Waals surface area contributed by atoms with Gasteiger partial charge in [0.15, 0.2) is 9.84 Å². The van der Waals surface area contributed by atoms with Crippen LogP contribution in [0.1, 0.15) is 56.2 Å². The summed E-state index contributed by atoms with van der Waals surface area (Å²) in [5.74, 6) is 0.442. The van der Waals surface area contributed by atoms with Crippen LogP contribution in [-0.4, -0.2) is 30.2 Å². The summed E-state index contributed by atoms with van der Waals surface area (Å²) >= 11 is 1.62. The highest BCUT2D eigenvalue weighted by molar-refractivity contribution is 7.91. The van der Waals surface area contributed by atoms with E-state index >= 15 is 0 Å². The lowest BCUT2D eigenvalue weighted by molar-refractivity contribution is -0.118. The number of carbonyl (C=O) groups excluding carboxylic acids is 1. The molecule has 0 saturated carbocycles. The first kappa shape index (κ1) is 20.0. The predicted molar refractivity (Wildman–Crippen MR) is 105 cm³/mol. The smallest absolute Gasteiger partial charge is 0.152 e. The van der Waals surface area contributed by atoms with Crippen LogP contribution in [0.2, 0.25) is 0 Å². The highest BCUT2D eigenvalue weighted by atomic mass is 32.2. The predicted octanol–water partition coefficient (Wildman–Crippen LogP) is 4.41. The van der Waals surface area contributed by atoms with Crippen molar-refractivity contribution in [2.24, 2.45) is 0 Å².